The lowest BCUT2D eigenvalue weighted by Gasteiger charge is -2.41. The number of carbonyl (C=O) groups is 1. The van der Waals surface area contributed by atoms with Crippen molar-refractivity contribution in [3.05, 3.63) is 35.6 Å². The van der Waals surface area contributed by atoms with E-state index >= 15 is 0 Å². The van der Waals surface area contributed by atoms with Crippen molar-refractivity contribution in [3.8, 4) is 0 Å². The van der Waals surface area contributed by atoms with E-state index < -0.39 is 0 Å². The van der Waals surface area contributed by atoms with E-state index in [0.29, 0.717) is 6.42 Å². The van der Waals surface area contributed by atoms with Crippen LogP contribution in [-0.2, 0) is 10.3 Å². The summed E-state index contributed by atoms with van der Waals surface area (Å²) in [5.41, 5.74) is 0.625. The Kier molecular flexibility index (Phi) is 3.18. The molecular formula is C14H18FNO. The van der Waals surface area contributed by atoms with E-state index in [1.165, 1.54) is 12.1 Å². The summed E-state index contributed by atoms with van der Waals surface area (Å²) >= 11 is 0. The van der Waals surface area contributed by atoms with Crippen molar-refractivity contribution in [1.29, 1.82) is 0 Å². The van der Waals surface area contributed by atoms with Gasteiger partial charge in [-0.25, -0.2) is 4.39 Å². The summed E-state index contributed by atoms with van der Waals surface area (Å²) in [5, 5.41) is 0. The molecule has 92 valence electrons. The maximum atomic E-state index is 12.9. The fourth-order valence-electron chi connectivity index (χ4n) is 2.41. The van der Waals surface area contributed by atoms with Gasteiger partial charge >= 0.3 is 0 Å². The lowest BCUT2D eigenvalue weighted by atomic mass is 9.90. The highest BCUT2D eigenvalue weighted by atomic mass is 19.1. The first-order valence-corrected chi connectivity index (χ1v) is 6.08. The number of nitrogens with zero attached hydrogens (tertiary/aromatic N) is 1. The van der Waals surface area contributed by atoms with Gasteiger partial charge in [-0.2, -0.15) is 0 Å². The molecule has 1 saturated heterocycles. The molecule has 2 nitrogen and oxygen atoms in total. The van der Waals surface area contributed by atoms with Gasteiger partial charge in [-0.05, 0) is 44.4 Å². The molecule has 1 amide bonds. The van der Waals surface area contributed by atoms with Crippen molar-refractivity contribution < 1.29 is 9.18 Å². The van der Waals surface area contributed by atoms with Crippen molar-refractivity contribution >= 4 is 5.91 Å². The largest absolute Gasteiger partial charge is 0.334 e. The second-order valence-corrected chi connectivity index (χ2v) is 5.07. The quantitative estimate of drug-likeness (QED) is 0.771. The number of piperidine rings is 1. The topological polar surface area (TPSA) is 20.3 Å². The normalized spacial score (nSPS) is 17.4. The minimum absolute atomic E-state index is 0.200. The predicted octanol–water partition coefficient (Wildman–Crippen LogP) is 3.07. The second kappa shape index (κ2) is 4.47. The average Bonchev–Trinajstić information content (AvgIpc) is 2.30. The fourth-order valence-corrected chi connectivity index (χ4v) is 2.41. The van der Waals surface area contributed by atoms with Crippen LogP contribution >= 0.6 is 0 Å². The second-order valence-electron chi connectivity index (χ2n) is 5.07. The van der Waals surface area contributed by atoms with Gasteiger partial charge in [-0.15, -0.1) is 0 Å². The van der Waals surface area contributed by atoms with Crippen molar-refractivity contribution in [1.82, 2.24) is 4.90 Å². The molecule has 0 bridgehead atoms. The maximum absolute atomic E-state index is 12.9. The summed E-state index contributed by atoms with van der Waals surface area (Å²) in [5.74, 6) is -0.0416. The summed E-state index contributed by atoms with van der Waals surface area (Å²) in [4.78, 5) is 13.8. The van der Waals surface area contributed by atoms with Gasteiger partial charge in [0.25, 0.3) is 0 Å². The standard InChI is InChI=1S/C14H18FNO/c1-14(2,11-6-8-12(15)9-7-11)16-10-4-3-5-13(16)17/h6-9H,3-5,10H2,1-2H3. The SMILES string of the molecule is CC(C)(c1ccc(F)cc1)N1CCCCC1=O. The van der Waals surface area contributed by atoms with Crippen molar-refractivity contribution in [2.45, 2.75) is 38.6 Å². The molecule has 0 spiro atoms. The molecule has 2 rings (SSSR count). The van der Waals surface area contributed by atoms with Crippen LogP contribution < -0.4 is 0 Å². The molecule has 0 radical (unpaired) electrons. The fraction of sp³-hybridized carbons (Fsp3) is 0.500. The van der Waals surface area contributed by atoms with Gasteiger partial charge < -0.3 is 4.90 Å². The van der Waals surface area contributed by atoms with E-state index in [-0.39, 0.29) is 17.3 Å². The van der Waals surface area contributed by atoms with E-state index in [1.54, 1.807) is 12.1 Å². The van der Waals surface area contributed by atoms with Crippen LogP contribution in [0.15, 0.2) is 24.3 Å². The molecule has 1 aromatic carbocycles. The minimum Gasteiger partial charge on any atom is -0.334 e. The number of rotatable bonds is 2. The van der Waals surface area contributed by atoms with Crippen molar-refractivity contribution in [2.75, 3.05) is 6.54 Å². The first-order valence-electron chi connectivity index (χ1n) is 6.08. The zero-order chi connectivity index (χ0) is 12.5. The van der Waals surface area contributed by atoms with Gasteiger partial charge in [-0.3, -0.25) is 4.79 Å². The van der Waals surface area contributed by atoms with E-state index in [4.69, 9.17) is 0 Å². The Morgan fingerprint density at radius 1 is 1.18 bits per heavy atom. The Morgan fingerprint density at radius 3 is 2.41 bits per heavy atom. The molecule has 17 heavy (non-hydrogen) atoms. The lowest BCUT2D eigenvalue weighted by Crippen LogP contribution is -2.47. The molecule has 0 N–H and O–H groups in total. The van der Waals surface area contributed by atoms with Gasteiger partial charge in [0.15, 0.2) is 0 Å². The van der Waals surface area contributed by atoms with Gasteiger partial charge in [0.1, 0.15) is 5.82 Å². The molecule has 3 heteroatoms. The van der Waals surface area contributed by atoms with Crippen LogP contribution in [0.5, 0.6) is 0 Å². The summed E-state index contributed by atoms with van der Waals surface area (Å²) in [6.07, 6.45) is 2.66. The first kappa shape index (κ1) is 12.1. The summed E-state index contributed by atoms with van der Waals surface area (Å²) < 4.78 is 12.9. The highest BCUT2D eigenvalue weighted by Gasteiger charge is 2.33. The number of carbonyl (C=O) groups excluding carboxylic acids is 1. The number of amides is 1. The summed E-state index contributed by atoms with van der Waals surface area (Å²) in [6, 6.07) is 6.42. The van der Waals surface area contributed by atoms with Crippen LogP contribution in [0.25, 0.3) is 0 Å². The third-order valence-corrected chi connectivity index (χ3v) is 3.55. The van der Waals surface area contributed by atoms with Gasteiger partial charge in [-0.1, -0.05) is 12.1 Å². The van der Waals surface area contributed by atoms with E-state index in [0.717, 1.165) is 24.9 Å². The zero-order valence-electron chi connectivity index (χ0n) is 10.4. The minimum atomic E-state index is -0.356. The first-order chi connectivity index (χ1) is 8.01. The molecule has 1 aliphatic rings. The lowest BCUT2D eigenvalue weighted by molar-refractivity contribution is -0.139. The van der Waals surface area contributed by atoms with Crippen LogP contribution in [-0.4, -0.2) is 17.4 Å². The van der Waals surface area contributed by atoms with Crippen LogP contribution in [0.3, 0.4) is 0 Å². The van der Waals surface area contributed by atoms with E-state index in [2.05, 4.69) is 0 Å². The Morgan fingerprint density at radius 2 is 1.82 bits per heavy atom. The Balaban J connectivity index is 2.28. The predicted molar refractivity (Wildman–Crippen MR) is 65.0 cm³/mol. The Bertz CT molecular complexity index is 411. The van der Waals surface area contributed by atoms with Crippen LogP contribution in [0, 0.1) is 5.82 Å². The molecular weight excluding hydrogens is 217 g/mol. The number of likely N-dealkylation sites (tertiary alicyclic amines) is 1. The maximum Gasteiger partial charge on any atom is 0.223 e. The third-order valence-electron chi connectivity index (χ3n) is 3.55. The van der Waals surface area contributed by atoms with Crippen LogP contribution in [0.4, 0.5) is 4.39 Å². The zero-order valence-corrected chi connectivity index (χ0v) is 10.4. The third kappa shape index (κ3) is 2.33. The Labute approximate surface area is 101 Å². The number of halogens is 1. The molecule has 0 unspecified atom stereocenters. The molecule has 1 aliphatic heterocycles. The monoisotopic (exact) mass is 235 g/mol. The van der Waals surface area contributed by atoms with Gasteiger partial charge in [0.2, 0.25) is 5.91 Å². The average molecular weight is 235 g/mol. The van der Waals surface area contributed by atoms with Crippen LogP contribution in [0.2, 0.25) is 0 Å². The Hall–Kier alpha value is -1.38. The molecule has 1 aromatic rings. The molecule has 0 aromatic heterocycles. The molecule has 1 heterocycles. The number of hydrogen-bond acceptors (Lipinski definition) is 1. The van der Waals surface area contributed by atoms with E-state index in [9.17, 15) is 9.18 Å². The number of hydrogen-bond donors (Lipinski definition) is 0. The van der Waals surface area contributed by atoms with Gasteiger partial charge in [0.05, 0.1) is 5.54 Å². The number of benzene rings is 1. The van der Waals surface area contributed by atoms with Crippen LogP contribution in [0.1, 0.15) is 38.7 Å². The van der Waals surface area contributed by atoms with E-state index in [1.807, 2.05) is 18.7 Å². The molecule has 0 saturated carbocycles. The highest BCUT2D eigenvalue weighted by molar-refractivity contribution is 5.77. The molecule has 0 aliphatic carbocycles. The summed E-state index contributed by atoms with van der Waals surface area (Å²) in [6.45, 7) is 4.83. The molecule has 0 atom stereocenters. The van der Waals surface area contributed by atoms with Crippen molar-refractivity contribution in [3.63, 3.8) is 0 Å². The molecule has 1 fully saturated rings. The van der Waals surface area contributed by atoms with Crippen molar-refractivity contribution in [2.24, 2.45) is 0 Å². The smallest absolute Gasteiger partial charge is 0.223 e. The van der Waals surface area contributed by atoms with Gasteiger partial charge in [0, 0.05) is 13.0 Å². The summed E-state index contributed by atoms with van der Waals surface area (Å²) in [7, 11) is 0. The highest BCUT2D eigenvalue weighted by Crippen LogP contribution is 2.31.